The number of aromatic nitrogens is 1. The quantitative estimate of drug-likeness (QED) is 0.818. The second-order valence-corrected chi connectivity index (χ2v) is 5.59. The Morgan fingerprint density at radius 1 is 1.40 bits per heavy atom. The molecule has 1 aromatic heterocycles. The average Bonchev–Trinajstić information content (AvgIpc) is 2.73. The molecule has 1 aliphatic rings. The number of nitrogens with one attached hydrogen (secondary N) is 2. The number of aryl methyl sites for hydroxylation is 1. The van der Waals surface area contributed by atoms with Gasteiger partial charge in [0.1, 0.15) is 5.41 Å². The zero-order valence-corrected chi connectivity index (χ0v) is 11.7. The van der Waals surface area contributed by atoms with Crippen LogP contribution in [-0.4, -0.2) is 31.3 Å². The van der Waals surface area contributed by atoms with E-state index in [0.717, 1.165) is 13.0 Å². The molecule has 1 aromatic carbocycles. The summed E-state index contributed by atoms with van der Waals surface area (Å²) in [7, 11) is 0. The number of hydrogen-bond acceptors (Lipinski definition) is 3. The predicted octanol–water partition coefficient (Wildman–Crippen LogP) is 2.15. The number of ether oxygens (including phenoxy) is 1. The normalized spacial score (nSPS) is 16.8. The highest BCUT2D eigenvalue weighted by atomic mass is 16.5. The van der Waals surface area contributed by atoms with Gasteiger partial charge in [-0.25, -0.2) is 0 Å². The van der Waals surface area contributed by atoms with Gasteiger partial charge in [-0.1, -0.05) is 18.2 Å². The van der Waals surface area contributed by atoms with E-state index in [1.807, 2.05) is 6.07 Å². The van der Waals surface area contributed by atoms with Gasteiger partial charge in [-0.2, -0.15) is 5.26 Å². The maximum Gasteiger partial charge on any atom is 0.116 e. The van der Waals surface area contributed by atoms with Gasteiger partial charge in [0, 0.05) is 23.1 Å². The molecule has 0 saturated carbocycles. The summed E-state index contributed by atoms with van der Waals surface area (Å²) in [5, 5.41) is 13.8. The molecule has 1 fully saturated rings. The molecular weight excluding hydrogens is 250 g/mol. The van der Waals surface area contributed by atoms with Crippen molar-refractivity contribution in [1.29, 1.82) is 5.26 Å². The lowest BCUT2D eigenvalue weighted by molar-refractivity contribution is -0.0752. The smallest absolute Gasteiger partial charge is 0.116 e. The van der Waals surface area contributed by atoms with Crippen molar-refractivity contribution in [2.24, 2.45) is 5.41 Å². The molecule has 104 valence electrons. The zero-order chi connectivity index (χ0) is 14.0. The molecule has 2 heterocycles. The maximum atomic E-state index is 9.13. The van der Waals surface area contributed by atoms with Crippen molar-refractivity contribution in [3.63, 3.8) is 0 Å². The van der Waals surface area contributed by atoms with Crippen molar-refractivity contribution in [3.05, 3.63) is 35.5 Å². The Morgan fingerprint density at radius 3 is 2.90 bits per heavy atom. The first-order valence-electron chi connectivity index (χ1n) is 7.00. The van der Waals surface area contributed by atoms with Gasteiger partial charge in [-0.3, -0.25) is 0 Å². The number of aromatic amines is 1. The van der Waals surface area contributed by atoms with Gasteiger partial charge in [0.25, 0.3) is 0 Å². The summed E-state index contributed by atoms with van der Waals surface area (Å²) in [6, 6.07) is 10.7. The number of hydrogen-bond donors (Lipinski definition) is 2. The number of H-pyrrole nitrogens is 1. The molecular formula is C16H19N3O. The summed E-state index contributed by atoms with van der Waals surface area (Å²) in [5.74, 6) is 0. The fraction of sp³-hybridized carbons (Fsp3) is 0.438. The molecule has 0 atom stereocenters. The highest BCUT2D eigenvalue weighted by Crippen LogP contribution is 2.25. The standard InChI is InChI=1S/C16H19N3O/c1-12-13(14-4-2-3-5-15(14)19-12)6-7-18-9-16(8-17)10-20-11-16/h2-5,18-19H,6-7,9-11H2,1H3. The van der Waals surface area contributed by atoms with Crippen LogP contribution in [0, 0.1) is 23.7 Å². The van der Waals surface area contributed by atoms with Gasteiger partial charge in [-0.15, -0.1) is 0 Å². The Kier molecular flexibility index (Phi) is 3.47. The van der Waals surface area contributed by atoms with Crippen LogP contribution in [0.5, 0.6) is 0 Å². The van der Waals surface area contributed by atoms with Crippen LogP contribution in [0.4, 0.5) is 0 Å². The van der Waals surface area contributed by atoms with E-state index >= 15 is 0 Å². The highest BCUT2D eigenvalue weighted by molar-refractivity contribution is 5.84. The van der Waals surface area contributed by atoms with Crippen molar-refractivity contribution in [1.82, 2.24) is 10.3 Å². The number of nitriles is 1. The monoisotopic (exact) mass is 269 g/mol. The van der Waals surface area contributed by atoms with E-state index < -0.39 is 0 Å². The molecule has 2 N–H and O–H groups in total. The predicted molar refractivity (Wildman–Crippen MR) is 78.5 cm³/mol. The van der Waals surface area contributed by atoms with Crippen LogP contribution in [-0.2, 0) is 11.2 Å². The Hall–Kier alpha value is -1.83. The van der Waals surface area contributed by atoms with Crippen LogP contribution in [0.3, 0.4) is 0 Å². The van der Waals surface area contributed by atoms with Gasteiger partial charge in [0.15, 0.2) is 0 Å². The van der Waals surface area contributed by atoms with Crippen molar-refractivity contribution in [2.75, 3.05) is 26.3 Å². The van der Waals surface area contributed by atoms with Crippen LogP contribution >= 0.6 is 0 Å². The first-order valence-corrected chi connectivity index (χ1v) is 7.00. The largest absolute Gasteiger partial charge is 0.378 e. The maximum absolute atomic E-state index is 9.13. The summed E-state index contributed by atoms with van der Waals surface area (Å²) < 4.78 is 5.14. The first-order chi connectivity index (χ1) is 9.74. The summed E-state index contributed by atoms with van der Waals surface area (Å²) >= 11 is 0. The summed E-state index contributed by atoms with van der Waals surface area (Å²) in [4.78, 5) is 3.42. The molecule has 20 heavy (non-hydrogen) atoms. The van der Waals surface area contributed by atoms with Crippen LogP contribution in [0.2, 0.25) is 0 Å². The van der Waals surface area contributed by atoms with Crippen molar-refractivity contribution in [3.8, 4) is 6.07 Å². The Balaban J connectivity index is 1.60. The zero-order valence-electron chi connectivity index (χ0n) is 11.7. The summed E-state index contributed by atoms with van der Waals surface area (Å²) in [6.45, 7) is 4.83. The fourth-order valence-corrected chi connectivity index (χ4v) is 2.75. The lowest BCUT2D eigenvalue weighted by Gasteiger charge is -2.35. The number of benzene rings is 1. The van der Waals surface area contributed by atoms with Gasteiger partial charge < -0.3 is 15.0 Å². The number of nitrogens with zero attached hydrogens (tertiary/aromatic N) is 1. The summed E-state index contributed by atoms with van der Waals surface area (Å²) in [5.41, 5.74) is 3.50. The molecule has 0 unspecified atom stereocenters. The number of fused-ring (bicyclic) bond motifs is 1. The first kappa shape index (κ1) is 13.2. The van der Waals surface area contributed by atoms with Crippen LogP contribution < -0.4 is 5.32 Å². The lowest BCUT2D eigenvalue weighted by atomic mass is 9.88. The molecule has 0 radical (unpaired) electrons. The van der Waals surface area contributed by atoms with Crippen LogP contribution in [0.25, 0.3) is 10.9 Å². The highest BCUT2D eigenvalue weighted by Gasteiger charge is 2.38. The third kappa shape index (κ3) is 2.31. The number of para-hydroxylation sites is 1. The second kappa shape index (κ2) is 5.28. The minimum atomic E-state index is -0.296. The van der Waals surface area contributed by atoms with E-state index in [2.05, 4.69) is 41.5 Å². The van der Waals surface area contributed by atoms with Gasteiger partial charge in [-0.05, 0) is 31.5 Å². The lowest BCUT2D eigenvalue weighted by Crippen LogP contribution is -2.48. The Bertz CT molecular complexity index is 649. The van der Waals surface area contributed by atoms with E-state index in [1.165, 1.54) is 22.2 Å². The van der Waals surface area contributed by atoms with E-state index in [0.29, 0.717) is 19.8 Å². The molecule has 0 bridgehead atoms. The topological polar surface area (TPSA) is 60.8 Å². The van der Waals surface area contributed by atoms with Gasteiger partial charge >= 0.3 is 0 Å². The fourth-order valence-electron chi connectivity index (χ4n) is 2.75. The third-order valence-corrected chi connectivity index (χ3v) is 4.04. The Morgan fingerprint density at radius 2 is 2.20 bits per heavy atom. The van der Waals surface area contributed by atoms with E-state index in [9.17, 15) is 0 Å². The van der Waals surface area contributed by atoms with Gasteiger partial charge in [0.2, 0.25) is 0 Å². The second-order valence-electron chi connectivity index (χ2n) is 5.59. The minimum absolute atomic E-state index is 0.296. The van der Waals surface area contributed by atoms with Crippen LogP contribution in [0.15, 0.2) is 24.3 Å². The van der Waals surface area contributed by atoms with Crippen LogP contribution in [0.1, 0.15) is 11.3 Å². The molecule has 0 spiro atoms. The molecule has 2 aromatic rings. The molecule has 4 nitrogen and oxygen atoms in total. The third-order valence-electron chi connectivity index (χ3n) is 4.04. The van der Waals surface area contributed by atoms with Crippen molar-refractivity contribution >= 4 is 10.9 Å². The molecule has 3 rings (SSSR count). The van der Waals surface area contributed by atoms with Crippen molar-refractivity contribution < 1.29 is 4.74 Å². The van der Waals surface area contributed by atoms with Crippen molar-refractivity contribution in [2.45, 2.75) is 13.3 Å². The summed E-state index contributed by atoms with van der Waals surface area (Å²) in [6.07, 6.45) is 0.970. The average molecular weight is 269 g/mol. The minimum Gasteiger partial charge on any atom is -0.378 e. The van der Waals surface area contributed by atoms with Gasteiger partial charge in [0.05, 0.1) is 19.3 Å². The molecule has 0 amide bonds. The Labute approximate surface area is 118 Å². The molecule has 1 saturated heterocycles. The van der Waals surface area contributed by atoms with E-state index in [-0.39, 0.29) is 5.41 Å². The SMILES string of the molecule is Cc1[nH]c2ccccc2c1CCNCC1(C#N)COC1. The van der Waals surface area contributed by atoms with E-state index in [1.54, 1.807) is 0 Å². The molecule has 1 aliphatic heterocycles. The molecule has 0 aliphatic carbocycles. The van der Waals surface area contributed by atoms with E-state index in [4.69, 9.17) is 10.00 Å². The molecule has 4 heteroatoms. The number of rotatable bonds is 5.